The summed E-state index contributed by atoms with van der Waals surface area (Å²) in [6.07, 6.45) is 4.80. The van der Waals surface area contributed by atoms with Crippen molar-refractivity contribution in [2.75, 3.05) is 26.2 Å². The lowest BCUT2D eigenvalue weighted by Gasteiger charge is -2.47. The molecular weight excluding hydrogens is 436 g/mol. The van der Waals surface area contributed by atoms with Gasteiger partial charge in [-0.3, -0.25) is 9.59 Å². The second-order valence-corrected chi connectivity index (χ2v) is 9.80. The number of piperidine rings is 1. The van der Waals surface area contributed by atoms with Gasteiger partial charge in [-0.25, -0.2) is 4.79 Å². The zero-order valence-electron chi connectivity index (χ0n) is 20.2. The molecule has 0 unspecified atom stereocenters. The van der Waals surface area contributed by atoms with Gasteiger partial charge in [-0.05, 0) is 63.3 Å². The molecule has 184 valence electrons. The zero-order chi connectivity index (χ0) is 24.5. The summed E-state index contributed by atoms with van der Waals surface area (Å²) in [6, 6.07) is 3.59. The van der Waals surface area contributed by atoms with E-state index in [1.165, 1.54) is 0 Å². The number of hydrogen-bond acceptors (Lipinski definition) is 6. The number of ether oxygens (including phenoxy) is 1. The van der Waals surface area contributed by atoms with Crippen LogP contribution in [-0.4, -0.2) is 53.7 Å². The number of aryl methyl sites for hydroxylation is 2. The Hall–Kier alpha value is -2.87. The van der Waals surface area contributed by atoms with Crippen LogP contribution < -0.4 is 15.7 Å². The molecule has 1 aliphatic carbocycles. The van der Waals surface area contributed by atoms with Gasteiger partial charge in [0.25, 0.3) is 5.91 Å². The number of fused-ring (bicyclic) bond motifs is 2. The molecule has 1 aromatic heterocycles. The molecule has 2 atom stereocenters. The van der Waals surface area contributed by atoms with Crippen molar-refractivity contribution in [2.45, 2.75) is 64.9 Å². The van der Waals surface area contributed by atoms with E-state index in [0.717, 1.165) is 36.8 Å². The molecular formula is C26H34N2O6. The molecule has 0 bridgehead atoms. The van der Waals surface area contributed by atoms with Gasteiger partial charge in [0.1, 0.15) is 11.3 Å². The lowest BCUT2D eigenvalue weighted by Crippen LogP contribution is -2.54. The van der Waals surface area contributed by atoms with Crippen molar-refractivity contribution < 1.29 is 23.8 Å². The van der Waals surface area contributed by atoms with Crippen LogP contribution in [0.5, 0.6) is 5.75 Å². The Kier molecular flexibility index (Phi) is 6.98. The number of benzene rings is 1. The summed E-state index contributed by atoms with van der Waals surface area (Å²) in [4.78, 5) is 38.8. The molecule has 2 amide bonds. The highest BCUT2D eigenvalue weighted by molar-refractivity contribution is 5.88. The molecule has 2 aromatic rings. The van der Waals surface area contributed by atoms with Crippen LogP contribution in [0.2, 0.25) is 0 Å². The summed E-state index contributed by atoms with van der Waals surface area (Å²) in [5.41, 5.74) is 1.56. The number of amides is 2. The summed E-state index contributed by atoms with van der Waals surface area (Å²) in [7, 11) is 0. The van der Waals surface area contributed by atoms with Crippen LogP contribution in [0.3, 0.4) is 0 Å². The number of aliphatic hydroxyl groups is 1. The Balaban J connectivity index is 1.29. The van der Waals surface area contributed by atoms with Crippen LogP contribution in [0.25, 0.3) is 11.0 Å². The first-order chi connectivity index (χ1) is 16.2. The maximum Gasteiger partial charge on any atom is 0.339 e. The van der Waals surface area contributed by atoms with Gasteiger partial charge in [0, 0.05) is 37.5 Å². The van der Waals surface area contributed by atoms with Gasteiger partial charge in [0.2, 0.25) is 5.91 Å². The third kappa shape index (κ3) is 4.97. The standard InChI is InChI=1S/C26H34N2O6/c1-16-12-20(24-17(2)18(3)25(31)34-21(24)13-16)33-15-22(29)27-10-7-23(30)28-11-9-26(32)8-5-4-6-19(26)14-28/h12-13,19,32H,4-11,14-15H2,1-3H3,(H,27,29)/t19-,26-/m1/s1. The molecule has 2 N–H and O–H groups in total. The van der Waals surface area contributed by atoms with Crippen LogP contribution in [0, 0.1) is 26.7 Å². The highest BCUT2D eigenvalue weighted by Crippen LogP contribution is 2.39. The second-order valence-electron chi connectivity index (χ2n) is 9.80. The quantitative estimate of drug-likeness (QED) is 0.629. The van der Waals surface area contributed by atoms with Crippen molar-refractivity contribution in [3.63, 3.8) is 0 Å². The third-order valence-corrected chi connectivity index (χ3v) is 7.46. The van der Waals surface area contributed by atoms with Gasteiger partial charge < -0.3 is 24.5 Å². The minimum absolute atomic E-state index is 0.000325. The van der Waals surface area contributed by atoms with Crippen molar-refractivity contribution >= 4 is 22.8 Å². The van der Waals surface area contributed by atoms with Gasteiger partial charge in [0.15, 0.2) is 6.61 Å². The first-order valence-corrected chi connectivity index (χ1v) is 12.1. The van der Waals surface area contributed by atoms with E-state index in [1.54, 1.807) is 13.0 Å². The Morgan fingerprint density at radius 3 is 2.79 bits per heavy atom. The maximum absolute atomic E-state index is 12.6. The molecule has 0 spiro atoms. The molecule has 2 aliphatic rings. The summed E-state index contributed by atoms with van der Waals surface area (Å²) in [6.45, 7) is 6.58. The minimum atomic E-state index is -0.611. The zero-order valence-corrected chi connectivity index (χ0v) is 20.2. The van der Waals surface area contributed by atoms with E-state index >= 15 is 0 Å². The van der Waals surface area contributed by atoms with Gasteiger partial charge in [-0.1, -0.05) is 12.8 Å². The predicted octanol–water partition coefficient (Wildman–Crippen LogP) is 2.76. The summed E-state index contributed by atoms with van der Waals surface area (Å²) < 4.78 is 11.2. The second kappa shape index (κ2) is 9.78. The monoisotopic (exact) mass is 470 g/mol. The SMILES string of the molecule is Cc1cc(OCC(=O)NCCC(=O)N2CC[C@]3(O)CCCC[C@@H]3C2)c2c(C)c(C)c(=O)oc2c1. The number of nitrogens with one attached hydrogen (secondary N) is 1. The average molecular weight is 471 g/mol. The van der Waals surface area contributed by atoms with Crippen LogP contribution in [-0.2, 0) is 9.59 Å². The Bertz CT molecular complexity index is 1160. The topological polar surface area (TPSA) is 109 Å². The van der Waals surface area contributed by atoms with Crippen LogP contribution >= 0.6 is 0 Å². The lowest BCUT2D eigenvalue weighted by atomic mass is 9.71. The molecule has 2 fully saturated rings. The van der Waals surface area contributed by atoms with E-state index in [4.69, 9.17) is 9.15 Å². The Morgan fingerprint density at radius 2 is 2.00 bits per heavy atom. The number of hydrogen-bond donors (Lipinski definition) is 2. The van der Waals surface area contributed by atoms with Crippen molar-refractivity contribution in [2.24, 2.45) is 5.92 Å². The van der Waals surface area contributed by atoms with Gasteiger partial charge >= 0.3 is 5.63 Å². The Morgan fingerprint density at radius 1 is 1.21 bits per heavy atom. The van der Waals surface area contributed by atoms with Crippen molar-refractivity contribution in [1.29, 1.82) is 0 Å². The fourth-order valence-electron chi connectivity index (χ4n) is 5.26. The highest BCUT2D eigenvalue weighted by atomic mass is 16.5. The molecule has 0 radical (unpaired) electrons. The highest BCUT2D eigenvalue weighted by Gasteiger charge is 2.43. The van der Waals surface area contributed by atoms with E-state index in [-0.39, 0.29) is 42.9 Å². The molecule has 1 aliphatic heterocycles. The maximum atomic E-state index is 12.6. The van der Waals surface area contributed by atoms with Gasteiger partial charge in [-0.15, -0.1) is 0 Å². The van der Waals surface area contributed by atoms with Crippen molar-refractivity contribution in [3.8, 4) is 5.75 Å². The fraction of sp³-hybridized carbons (Fsp3) is 0.577. The Labute approximate surface area is 199 Å². The number of rotatable bonds is 6. The largest absolute Gasteiger partial charge is 0.483 e. The number of carbonyl (C=O) groups excluding carboxylic acids is 2. The van der Waals surface area contributed by atoms with Crippen molar-refractivity contribution in [1.82, 2.24) is 10.2 Å². The van der Waals surface area contributed by atoms with E-state index in [9.17, 15) is 19.5 Å². The molecule has 1 saturated heterocycles. The van der Waals surface area contributed by atoms with Crippen LogP contribution in [0.1, 0.15) is 55.2 Å². The molecule has 1 aromatic carbocycles. The third-order valence-electron chi connectivity index (χ3n) is 7.46. The van der Waals surface area contributed by atoms with Gasteiger partial charge in [-0.2, -0.15) is 0 Å². The van der Waals surface area contributed by atoms with E-state index < -0.39 is 5.60 Å². The van der Waals surface area contributed by atoms with E-state index in [1.807, 2.05) is 24.8 Å². The normalized spacial score (nSPS) is 22.4. The first kappa shape index (κ1) is 24.3. The van der Waals surface area contributed by atoms with E-state index in [0.29, 0.717) is 41.8 Å². The van der Waals surface area contributed by atoms with Crippen LogP contribution in [0.15, 0.2) is 21.3 Å². The summed E-state index contributed by atoms with van der Waals surface area (Å²) in [5.74, 6) is 0.315. The summed E-state index contributed by atoms with van der Waals surface area (Å²) >= 11 is 0. The van der Waals surface area contributed by atoms with Crippen molar-refractivity contribution in [3.05, 3.63) is 39.2 Å². The van der Waals surface area contributed by atoms with Gasteiger partial charge in [0.05, 0.1) is 11.0 Å². The summed E-state index contributed by atoms with van der Waals surface area (Å²) in [5, 5.41) is 14.2. The fourth-order valence-corrected chi connectivity index (χ4v) is 5.26. The molecule has 8 heteroatoms. The van der Waals surface area contributed by atoms with E-state index in [2.05, 4.69) is 5.32 Å². The predicted molar refractivity (Wildman–Crippen MR) is 128 cm³/mol. The molecule has 8 nitrogen and oxygen atoms in total. The molecule has 1 saturated carbocycles. The molecule has 34 heavy (non-hydrogen) atoms. The smallest absolute Gasteiger partial charge is 0.339 e. The number of nitrogens with zero attached hydrogens (tertiary/aromatic N) is 1. The molecule has 4 rings (SSSR count). The first-order valence-electron chi connectivity index (χ1n) is 12.1. The average Bonchev–Trinajstić information content (AvgIpc) is 2.80. The lowest BCUT2D eigenvalue weighted by molar-refractivity contribution is -0.143. The number of likely N-dealkylation sites (tertiary alicyclic amines) is 1. The minimum Gasteiger partial charge on any atom is -0.483 e. The number of carbonyl (C=O) groups is 2. The molecule has 2 heterocycles. The van der Waals surface area contributed by atoms with Crippen LogP contribution in [0.4, 0.5) is 0 Å².